The maximum atomic E-state index is 13.9. The van der Waals surface area contributed by atoms with Gasteiger partial charge in [0.2, 0.25) is 23.6 Å². The Kier molecular flexibility index (Phi) is 10.3. The van der Waals surface area contributed by atoms with Gasteiger partial charge in [-0.05, 0) is 80.5 Å². The van der Waals surface area contributed by atoms with Gasteiger partial charge in [0.1, 0.15) is 17.7 Å². The molecule has 48 heavy (non-hydrogen) atoms. The van der Waals surface area contributed by atoms with E-state index in [0.717, 1.165) is 16.8 Å². The van der Waals surface area contributed by atoms with Crippen LogP contribution in [-0.2, 0) is 20.8 Å². The van der Waals surface area contributed by atoms with Crippen LogP contribution in [0.3, 0.4) is 0 Å². The zero-order valence-electron chi connectivity index (χ0n) is 27.4. The van der Waals surface area contributed by atoms with E-state index in [1.54, 1.807) is 41.5 Å². The highest BCUT2D eigenvalue weighted by Gasteiger charge is 2.49. The Morgan fingerprint density at radius 2 is 1.77 bits per heavy atom. The van der Waals surface area contributed by atoms with Crippen LogP contribution in [0, 0.1) is 17.7 Å². The fraction of sp³-hybridized carbons (Fsp3) is 0.405. The topological polar surface area (TPSA) is 103 Å². The van der Waals surface area contributed by atoms with E-state index in [2.05, 4.69) is 27.5 Å². The molecule has 0 saturated heterocycles. The number of nitrogens with one attached hydrogen (secondary N) is 3. The first-order valence-corrected chi connectivity index (χ1v) is 16.3. The summed E-state index contributed by atoms with van der Waals surface area (Å²) in [6.07, 6.45) is 8.24. The molecule has 0 bridgehead atoms. The number of carbonyl (C=O) groups excluding carboxylic acids is 3. The summed E-state index contributed by atoms with van der Waals surface area (Å²) in [7, 11) is 0. The van der Waals surface area contributed by atoms with Gasteiger partial charge in [-0.25, -0.2) is 18.2 Å². The van der Waals surface area contributed by atoms with E-state index in [9.17, 15) is 27.6 Å². The van der Waals surface area contributed by atoms with Crippen LogP contribution >= 0.6 is 0 Å². The SMILES string of the molecule is C=C1N=CC=CN1/C(=C\CC)CC(NC(=O)C1CC1c1ccc(NC(=O)C2CC(F)(F)C2)cc1)C(=O)NC(C)(C)Cc1ccc(F)cc1. The second-order valence-electron chi connectivity index (χ2n) is 13.5. The van der Waals surface area contributed by atoms with Gasteiger partial charge in [0.25, 0.3) is 0 Å². The van der Waals surface area contributed by atoms with Crippen LogP contribution in [0.4, 0.5) is 18.9 Å². The molecule has 2 aromatic carbocycles. The normalized spacial score (nSPS) is 20.9. The number of benzene rings is 2. The molecule has 0 spiro atoms. The monoisotopic (exact) mass is 661 g/mol. The standard InChI is InChI=1S/C37H42F3N5O3/c1-5-7-29(45-17-6-16-41-23(45)2)18-32(35(48)44-36(3,4)20-24-8-12-27(38)13-9-24)43-34(47)31-19-30(31)25-10-14-28(15-11-25)42-33(46)26-21-37(39,40)22-26/h6-17,26,30-32H,2,5,18-22H2,1,3-4H3,(H,42,46)(H,43,47)(H,44,48)/b29-7-. The fourth-order valence-corrected chi connectivity index (χ4v) is 6.21. The molecule has 2 aliphatic carbocycles. The molecule has 2 aromatic rings. The molecule has 11 heteroatoms. The van der Waals surface area contributed by atoms with E-state index < -0.39 is 42.2 Å². The lowest BCUT2D eigenvalue weighted by atomic mass is 9.81. The van der Waals surface area contributed by atoms with E-state index in [1.165, 1.54) is 12.1 Å². The summed E-state index contributed by atoms with van der Waals surface area (Å²) in [5.41, 5.74) is 2.34. The summed E-state index contributed by atoms with van der Waals surface area (Å²) < 4.78 is 39.8. The van der Waals surface area contributed by atoms with Gasteiger partial charge >= 0.3 is 0 Å². The minimum absolute atomic E-state index is 0.0662. The van der Waals surface area contributed by atoms with Crippen molar-refractivity contribution in [3.63, 3.8) is 0 Å². The maximum Gasteiger partial charge on any atom is 0.249 e. The summed E-state index contributed by atoms with van der Waals surface area (Å²) in [6, 6.07) is 12.3. The first kappa shape index (κ1) is 34.7. The minimum Gasteiger partial charge on any atom is -0.349 e. The number of alkyl halides is 2. The van der Waals surface area contributed by atoms with Gasteiger partial charge in [0.15, 0.2) is 0 Å². The molecular formula is C37H42F3N5O3. The average Bonchev–Trinajstić information content (AvgIpc) is 3.82. The van der Waals surface area contributed by atoms with Crippen molar-refractivity contribution in [2.24, 2.45) is 16.8 Å². The predicted octanol–water partition coefficient (Wildman–Crippen LogP) is 6.59. The van der Waals surface area contributed by atoms with Crippen molar-refractivity contribution in [3.8, 4) is 0 Å². The molecule has 5 rings (SSSR count). The number of aliphatic imine (C=N–C) groups is 1. The molecule has 3 atom stereocenters. The summed E-state index contributed by atoms with van der Waals surface area (Å²) in [5.74, 6) is -4.75. The number of carbonyl (C=O) groups is 3. The number of nitrogens with zero attached hydrogens (tertiary/aromatic N) is 2. The molecule has 2 saturated carbocycles. The number of hydrogen-bond donors (Lipinski definition) is 3. The molecule has 254 valence electrons. The average molecular weight is 662 g/mol. The Morgan fingerprint density at radius 3 is 2.40 bits per heavy atom. The Morgan fingerprint density at radius 1 is 1.08 bits per heavy atom. The Hall–Kier alpha value is -4.67. The Balaban J connectivity index is 1.25. The van der Waals surface area contributed by atoms with Gasteiger partial charge in [0, 0.05) is 60.4 Å². The highest BCUT2D eigenvalue weighted by Crippen LogP contribution is 2.48. The fourth-order valence-electron chi connectivity index (χ4n) is 6.21. The number of amides is 3. The number of hydrogen-bond acceptors (Lipinski definition) is 5. The van der Waals surface area contributed by atoms with Crippen molar-refractivity contribution in [3.05, 3.63) is 102 Å². The molecular weight excluding hydrogens is 619 g/mol. The van der Waals surface area contributed by atoms with Crippen molar-refractivity contribution in [2.75, 3.05) is 5.32 Å². The van der Waals surface area contributed by atoms with Gasteiger partial charge in [-0.2, -0.15) is 0 Å². The van der Waals surface area contributed by atoms with Crippen LogP contribution in [0.1, 0.15) is 69.9 Å². The first-order valence-electron chi connectivity index (χ1n) is 16.3. The van der Waals surface area contributed by atoms with Crippen molar-refractivity contribution >= 4 is 29.6 Å². The van der Waals surface area contributed by atoms with Gasteiger partial charge in [-0.3, -0.25) is 14.4 Å². The third-order valence-electron chi connectivity index (χ3n) is 8.83. The number of anilines is 1. The zero-order chi connectivity index (χ0) is 34.6. The van der Waals surface area contributed by atoms with E-state index in [0.29, 0.717) is 30.8 Å². The van der Waals surface area contributed by atoms with Crippen LogP contribution in [0.15, 0.2) is 90.0 Å². The molecule has 3 amide bonds. The Labute approximate surface area is 279 Å². The van der Waals surface area contributed by atoms with Gasteiger partial charge in [-0.1, -0.05) is 43.8 Å². The Bertz CT molecular complexity index is 1620. The quantitative estimate of drug-likeness (QED) is 0.225. The second kappa shape index (κ2) is 14.2. The van der Waals surface area contributed by atoms with Gasteiger partial charge < -0.3 is 20.9 Å². The lowest BCUT2D eigenvalue weighted by molar-refractivity contribution is -0.145. The molecule has 1 aliphatic heterocycles. The van der Waals surface area contributed by atoms with E-state index in [-0.39, 0.29) is 35.9 Å². The second-order valence-corrected chi connectivity index (χ2v) is 13.5. The van der Waals surface area contributed by atoms with Crippen molar-refractivity contribution < 1.29 is 27.6 Å². The van der Waals surface area contributed by atoms with Crippen LogP contribution in [0.25, 0.3) is 0 Å². The lowest BCUT2D eigenvalue weighted by Crippen LogP contribution is -2.54. The molecule has 8 nitrogen and oxygen atoms in total. The van der Waals surface area contributed by atoms with Crippen LogP contribution in [-0.4, -0.2) is 46.3 Å². The van der Waals surface area contributed by atoms with Crippen LogP contribution in [0.2, 0.25) is 0 Å². The number of halogens is 3. The lowest BCUT2D eigenvalue weighted by Gasteiger charge is -2.33. The molecule has 3 N–H and O–H groups in total. The van der Waals surface area contributed by atoms with E-state index in [1.807, 2.05) is 45.2 Å². The molecule has 3 unspecified atom stereocenters. The largest absolute Gasteiger partial charge is 0.349 e. The molecule has 3 aliphatic rings. The zero-order valence-corrected chi connectivity index (χ0v) is 27.4. The number of rotatable bonds is 13. The summed E-state index contributed by atoms with van der Waals surface area (Å²) in [4.78, 5) is 45.9. The summed E-state index contributed by atoms with van der Waals surface area (Å²) >= 11 is 0. The maximum absolute atomic E-state index is 13.9. The first-order chi connectivity index (χ1) is 22.7. The summed E-state index contributed by atoms with van der Waals surface area (Å²) in [6.45, 7) is 9.76. The van der Waals surface area contributed by atoms with Crippen LogP contribution in [0.5, 0.6) is 0 Å². The van der Waals surface area contributed by atoms with Gasteiger partial charge in [0.05, 0.1) is 0 Å². The highest BCUT2D eigenvalue weighted by molar-refractivity contribution is 5.93. The molecule has 0 radical (unpaired) electrons. The predicted molar refractivity (Wildman–Crippen MR) is 179 cm³/mol. The molecule has 1 heterocycles. The van der Waals surface area contributed by atoms with Crippen LogP contribution < -0.4 is 16.0 Å². The number of allylic oxidation sites excluding steroid dienone is 2. The van der Waals surface area contributed by atoms with Gasteiger partial charge in [-0.15, -0.1) is 0 Å². The van der Waals surface area contributed by atoms with E-state index >= 15 is 0 Å². The third kappa shape index (κ3) is 8.81. The van der Waals surface area contributed by atoms with Crippen molar-refractivity contribution in [2.45, 2.75) is 82.7 Å². The highest BCUT2D eigenvalue weighted by atomic mass is 19.3. The minimum atomic E-state index is -2.77. The molecule has 2 fully saturated rings. The molecule has 0 aromatic heterocycles. The van der Waals surface area contributed by atoms with E-state index in [4.69, 9.17) is 0 Å². The third-order valence-corrected chi connectivity index (χ3v) is 8.83. The van der Waals surface area contributed by atoms with Crippen molar-refractivity contribution in [1.29, 1.82) is 0 Å². The smallest absolute Gasteiger partial charge is 0.249 e. The summed E-state index contributed by atoms with van der Waals surface area (Å²) in [5, 5.41) is 8.79. The van der Waals surface area contributed by atoms with Crippen molar-refractivity contribution in [1.82, 2.24) is 15.5 Å².